The number of nitrogens with one attached hydrogen (secondary N) is 1. The summed E-state index contributed by atoms with van der Waals surface area (Å²) in [7, 11) is 0. The maximum atomic E-state index is 12.1. The van der Waals surface area contributed by atoms with Crippen molar-refractivity contribution in [3.63, 3.8) is 0 Å². The molecule has 2 heterocycles. The highest BCUT2D eigenvalue weighted by atomic mass is 35.5. The van der Waals surface area contributed by atoms with Crippen LogP contribution in [0.25, 0.3) is 10.7 Å². The van der Waals surface area contributed by atoms with Crippen LogP contribution in [0.2, 0.25) is 5.02 Å². The van der Waals surface area contributed by atoms with Crippen molar-refractivity contribution in [1.29, 1.82) is 0 Å². The monoisotopic (exact) mass is 321 g/mol. The van der Waals surface area contributed by atoms with Crippen molar-refractivity contribution >= 4 is 45.5 Å². The molecule has 3 rings (SSSR count). The molecule has 100 valence electrons. The summed E-state index contributed by atoms with van der Waals surface area (Å²) in [5.41, 5.74) is 0.419. The van der Waals surface area contributed by atoms with E-state index in [4.69, 9.17) is 11.6 Å². The molecule has 0 unspecified atom stereocenters. The number of rotatable bonds is 3. The van der Waals surface area contributed by atoms with Crippen molar-refractivity contribution in [3.8, 4) is 10.7 Å². The number of amides is 1. The zero-order valence-corrected chi connectivity index (χ0v) is 12.4. The molecular formula is C13H8ClN3OS2. The first-order chi connectivity index (χ1) is 9.74. The van der Waals surface area contributed by atoms with Crippen LogP contribution in [0.1, 0.15) is 10.4 Å². The zero-order chi connectivity index (χ0) is 13.9. The van der Waals surface area contributed by atoms with Crippen LogP contribution >= 0.6 is 34.5 Å². The molecule has 0 aliphatic carbocycles. The normalized spacial score (nSPS) is 10.4. The van der Waals surface area contributed by atoms with E-state index in [0.29, 0.717) is 21.5 Å². The van der Waals surface area contributed by atoms with Crippen molar-refractivity contribution in [2.75, 3.05) is 5.32 Å². The number of hydrogen-bond donors (Lipinski definition) is 1. The summed E-state index contributed by atoms with van der Waals surface area (Å²) in [6.45, 7) is 0. The predicted octanol–water partition coefficient (Wildman–Crippen LogP) is 4.17. The van der Waals surface area contributed by atoms with Crippen LogP contribution in [-0.4, -0.2) is 15.3 Å². The maximum Gasteiger partial charge on any atom is 0.258 e. The van der Waals surface area contributed by atoms with Gasteiger partial charge in [-0.3, -0.25) is 10.1 Å². The highest BCUT2D eigenvalue weighted by molar-refractivity contribution is 7.14. The summed E-state index contributed by atoms with van der Waals surface area (Å²) in [5, 5.41) is 5.53. The van der Waals surface area contributed by atoms with Gasteiger partial charge in [0.05, 0.1) is 15.5 Å². The topological polar surface area (TPSA) is 54.9 Å². The Labute approximate surface area is 128 Å². The Bertz CT molecular complexity index is 740. The third-order valence-electron chi connectivity index (χ3n) is 2.51. The molecule has 7 heteroatoms. The van der Waals surface area contributed by atoms with E-state index in [1.807, 2.05) is 17.5 Å². The van der Waals surface area contributed by atoms with Crippen LogP contribution in [0, 0.1) is 0 Å². The summed E-state index contributed by atoms with van der Waals surface area (Å²) in [4.78, 5) is 17.3. The molecule has 2 aromatic heterocycles. The maximum absolute atomic E-state index is 12.1. The summed E-state index contributed by atoms with van der Waals surface area (Å²) >= 11 is 8.68. The van der Waals surface area contributed by atoms with Crippen LogP contribution in [0.5, 0.6) is 0 Å². The van der Waals surface area contributed by atoms with Gasteiger partial charge in [-0.2, -0.15) is 9.36 Å². The van der Waals surface area contributed by atoms with Crippen molar-refractivity contribution in [1.82, 2.24) is 9.36 Å². The van der Waals surface area contributed by atoms with Gasteiger partial charge < -0.3 is 0 Å². The number of thiophene rings is 1. The Hall–Kier alpha value is -1.76. The molecule has 0 radical (unpaired) electrons. The Morgan fingerprint density at radius 3 is 2.80 bits per heavy atom. The van der Waals surface area contributed by atoms with Gasteiger partial charge in [0, 0.05) is 11.5 Å². The number of carbonyl (C=O) groups is 1. The average molecular weight is 322 g/mol. The van der Waals surface area contributed by atoms with Gasteiger partial charge in [-0.1, -0.05) is 29.8 Å². The molecule has 20 heavy (non-hydrogen) atoms. The van der Waals surface area contributed by atoms with Gasteiger partial charge in [0.15, 0.2) is 5.82 Å². The predicted molar refractivity (Wildman–Crippen MR) is 82.6 cm³/mol. The summed E-state index contributed by atoms with van der Waals surface area (Å²) in [6.07, 6.45) is 0. The van der Waals surface area contributed by atoms with E-state index < -0.39 is 0 Å². The van der Waals surface area contributed by atoms with Crippen molar-refractivity contribution < 1.29 is 4.79 Å². The first-order valence-electron chi connectivity index (χ1n) is 5.67. The van der Waals surface area contributed by atoms with E-state index in [9.17, 15) is 4.79 Å². The van der Waals surface area contributed by atoms with Crippen LogP contribution in [0.15, 0.2) is 41.8 Å². The van der Waals surface area contributed by atoms with Crippen molar-refractivity contribution in [3.05, 3.63) is 52.4 Å². The molecule has 0 fully saturated rings. The van der Waals surface area contributed by atoms with Gasteiger partial charge in [-0.15, -0.1) is 11.3 Å². The van der Waals surface area contributed by atoms with Crippen LogP contribution in [-0.2, 0) is 0 Å². The SMILES string of the molecule is O=C(Nc1nc(-c2cccs2)ns1)c1ccccc1Cl. The summed E-state index contributed by atoms with van der Waals surface area (Å²) in [5.74, 6) is 0.337. The molecule has 0 spiro atoms. The lowest BCUT2D eigenvalue weighted by atomic mass is 10.2. The zero-order valence-electron chi connectivity index (χ0n) is 10.0. The Morgan fingerprint density at radius 2 is 2.05 bits per heavy atom. The highest BCUT2D eigenvalue weighted by Gasteiger charge is 2.13. The third kappa shape index (κ3) is 2.72. The van der Waals surface area contributed by atoms with Gasteiger partial charge in [0.2, 0.25) is 5.13 Å². The van der Waals surface area contributed by atoms with Gasteiger partial charge in [0.1, 0.15) is 0 Å². The minimum atomic E-state index is -0.288. The number of aromatic nitrogens is 2. The molecule has 1 aromatic carbocycles. The Kier molecular flexibility index (Phi) is 3.77. The van der Waals surface area contributed by atoms with E-state index in [0.717, 1.165) is 16.4 Å². The number of anilines is 1. The number of carbonyl (C=O) groups excluding carboxylic acids is 1. The standard InChI is InChI=1S/C13H8ClN3OS2/c14-9-5-2-1-4-8(9)12(18)16-13-15-11(17-20-13)10-6-3-7-19-10/h1-7H,(H,15,16,17,18). The Morgan fingerprint density at radius 1 is 1.20 bits per heavy atom. The summed E-state index contributed by atoms with van der Waals surface area (Å²) in [6, 6.07) is 10.7. The molecule has 3 aromatic rings. The fourth-order valence-corrected chi connectivity index (χ4v) is 3.10. The molecule has 4 nitrogen and oxygen atoms in total. The quantitative estimate of drug-likeness (QED) is 0.787. The lowest BCUT2D eigenvalue weighted by molar-refractivity contribution is 0.102. The van der Waals surface area contributed by atoms with Crippen molar-refractivity contribution in [2.24, 2.45) is 0 Å². The molecular weight excluding hydrogens is 314 g/mol. The molecule has 0 saturated heterocycles. The van der Waals surface area contributed by atoms with Gasteiger partial charge in [0.25, 0.3) is 5.91 Å². The van der Waals surface area contributed by atoms with Gasteiger partial charge in [-0.25, -0.2) is 0 Å². The second kappa shape index (κ2) is 5.70. The third-order valence-corrected chi connectivity index (χ3v) is 4.33. The molecule has 0 bridgehead atoms. The van der Waals surface area contributed by atoms with E-state index >= 15 is 0 Å². The Balaban J connectivity index is 1.79. The lowest BCUT2D eigenvalue weighted by Gasteiger charge is -2.02. The van der Waals surface area contributed by atoms with Crippen LogP contribution in [0.4, 0.5) is 5.13 Å². The number of benzene rings is 1. The first-order valence-corrected chi connectivity index (χ1v) is 7.70. The molecule has 1 amide bonds. The lowest BCUT2D eigenvalue weighted by Crippen LogP contribution is -2.12. The fraction of sp³-hybridized carbons (Fsp3) is 0. The van der Waals surface area contributed by atoms with Gasteiger partial charge in [-0.05, 0) is 23.6 Å². The number of halogens is 1. The minimum Gasteiger partial charge on any atom is -0.297 e. The van der Waals surface area contributed by atoms with Gasteiger partial charge >= 0.3 is 0 Å². The highest BCUT2D eigenvalue weighted by Crippen LogP contribution is 2.25. The number of nitrogens with zero attached hydrogens (tertiary/aromatic N) is 2. The van der Waals surface area contributed by atoms with E-state index in [-0.39, 0.29) is 5.91 Å². The van der Waals surface area contributed by atoms with Crippen molar-refractivity contribution in [2.45, 2.75) is 0 Å². The van der Waals surface area contributed by atoms with E-state index in [1.165, 1.54) is 0 Å². The molecule has 1 N–H and O–H groups in total. The molecule has 0 atom stereocenters. The second-order valence-corrected chi connectivity index (χ2v) is 5.94. The van der Waals surface area contributed by atoms with E-state index in [1.54, 1.807) is 35.6 Å². The molecule has 0 aliphatic rings. The van der Waals surface area contributed by atoms with E-state index in [2.05, 4.69) is 14.7 Å². The second-order valence-electron chi connectivity index (χ2n) is 3.83. The minimum absolute atomic E-state index is 0.288. The van der Waals surface area contributed by atoms with Crippen LogP contribution < -0.4 is 5.32 Å². The number of hydrogen-bond acceptors (Lipinski definition) is 5. The largest absolute Gasteiger partial charge is 0.297 e. The summed E-state index contributed by atoms with van der Waals surface area (Å²) < 4.78 is 4.22. The van der Waals surface area contributed by atoms with Crippen LogP contribution in [0.3, 0.4) is 0 Å². The fourth-order valence-electron chi connectivity index (χ4n) is 1.59. The molecule has 0 saturated carbocycles. The first kappa shape index (κ1) is 13.2. The average Bonchev–Trinajstić information content (AvgIpc) is 3.09. The molecule has 0 aliphatic heterocycles. The smallest absolute Gasteiger partial charge is 0.258 e.